The summed E-state index contributed by atoms with van der Waals surface area (Å²) in [6.45, 7) is 0. The first-order valence-electron chi connectivity index (χ1n) is 20.1. The van der Waals surface area contributed by atoms with Gasteiger partial charge in [0.2, 0.25) is 0 Å². The molecule has 0 N–H and O–H groups in total. The highest BCUT2D eigenvalue weighted by molar-refractivity contribution is 7.26. The minimum Gasteiger partial charge on any atom is -0.456 e. The summed E-state index contributed by atoms with van der Waals surface area (Å²) in [5, 5.41) is 9.92. The molecule has 272 valence electrons. The van der Waals surface area contributed by atoms with E-state index < -0.39 is 0 Å². The fourth-order valence-corrected chi connectivity index (χ4v) is 10.9. The molecule has 0 saturated carbocycles. The maximum atomic E-state index is 6.27. The van der Waals surface area contributed by atoms with Gasteiger partial charge in [0.15, 0.2) is 0 Å². The minimum absolute atomic E-state index is 0.912. The molecule has 13 rings (SSSR count). The number of furan rings is 1. The first-order chi connectivity index (χ1) is 28.7. The molecule has 12 aromatic rings. The van der Waals surface area contributed by atoms with Crippen molar-refractivity contribution >= 4 is 103 Å². The van der Waals surface area contributed by atoms with Gasteiger partial charge in [-0.25, -0.2) is 0 Å². The van der Waals surface area contributed by atoms with E-state index in [0.717, 1.165) is 40.5 Å². The van der Waals surface area contributed by atoms with E-state index in [1.54, 1.807) is 0 Å². The van der Waals surface area contributed by atoms with E-state index in [1.807, 2.05) is 17.4 Å². The van der Waals surface area contributed by atoms with Gasteiger partial charge in [-0.05, 0) is 96.3 Å². The van der Waals surface area contributed by atoms with Crippen LogP contribution in [0.3, 0.4) is 0 Å². The average Bonchev–Trinajstić information content (AvgIpc) is 4.03. The van der Waals surface area contributed by atoms with Crippen molar-refractivity contribution in [2.45, 2.75) is 12.8 Å². The third kappa shape index (κ3) is 4.61. The largest absolute Gasteiger partial charge is 0.456 e. The first-order valence-corrected chi connectivity index (χ1v) is 20.9. The summed E-state index contributed by atoms with van der Waals surface area (Å²) in [6, 6.07) is 60.5. The van der Waals surface area contributed by atoms with Gasteiger partial charge in [0, 0.05) is 69.4 Å². The number of fused-ring (bicyclic) bond motifs is 12. The van der Waals surface area contributed by atoms with Crippen LogP contribution in [0.25, 0.3) is 119 Å². The third-order valence-corrected chi connectivity index (χ3v) is 13.6. The number of hydrogen-bond donors (Lipinski definition) is 0. The summed E-state index contributed by atoms with van der Waals surface area (Å²) in [5.74, 6) is 0. The Morgan fingerprint density at radius 3 is 1.83 bits per heavy atom. The molecule has 4 heteroatoms. The van der Waals surface area contributed by atoms with E-state index in [2.05, 4.69) is 185 Å². The molecule has 1 aliphatic rings. The van der Waals surface area contributed by atoms with Crippen molar-refractivity contribution in [1.82, 2.24) is 9.13 Å². The quantitative estimate of drug-likeness (QED) is 0.175. The predicted molar refractivity (Wildman–Crippen MR) is 247 cm³/mol. The Balaban J connectivity index is 1.06. The van der Waals surface area contributed by atoms with Gasteiger partial charge in [-0.1, -0.05) is 115 Å². The van der Waals surface area contributed by atoms with Crippen molar-refractivity contribution in [1.29, 1.82) is 0 Å². The number of hydrogen-bond acceptors (Lipinski definition) is 2. The van der Waals surface area contributed by atoms with Gasteiger partial charge in [0.05, 0.1) is 22.1 Å². The van der Waals surface area contributed by atoms with E-state index in [0.29, 0.717) is 0 Å². The van der Waals surface area contributed by atoms with Crippen LogP contribution in [-0.2, 0) is 0 Å². The number of allylic oxidation sites excluding steroid dienone is 4. The lowest BCUT2D eigenvalue weighted by Crippen LogP contribution is -1.98. The number of rotatable bonds is 4. The van der Waals surface area contributed by atoms with Crippen molar-refractivity contribution < 1.29 is 4.42 Å². The normalized spacial score (nSPS) is 13.4. The molecule has 0 radical (unpaired) electrons. The monoisotopic (exact) mass is 758 g/mol. The average molecular weight is 759 g/mol. The molecule has 58 heavy (non-hydrogen) atoms. The summed E-state index contributed by atoms with van der Waals surface area (Å²) in [7, 11) is 0. The Labute approximate surface area is 337 Å². The van der Waals surface area contributed by atoms with Crippen molar-refractivity contribution in [3.8, 4) is 27.9 Å². The second-order valence-corrected chi connectivity index (χ2v) is 16.6. The van der Waals surface area contributed by atoms with Crippen LogP contribution in [0, 0.1) is 0 Å². The van der Waals surface area contributed by atoms with Crippen molar-refractivity contribution in [3.05, 3.63) is 182 Å². The molecule has 8 aromatic carbocycles. The molecule has 0 spiro atoms. The van der Waals surface area contributed by atoms with Crippen LogP contribution < -0.4 is 0 Å². The fraction of sp³-hybridized carbons (Fsp3) is 0.0370. The van der Waals surface area contributed by atoms with Crippen LogP contribution in [0.1, 0.15) is 12.8 Å². The van der Waals surface area contributed by atoms with Crippen LogP contribution in [0.5, 0.6) is 0 Å². The maximum Gasteiger partial charge on any atom is 0.135 e. The zero-order chi connectivity index (χ0) is 37.9. The van der Waals surface area contributed by atoms with E-state index in [4.69, 9.17) is 4.42 Å². The summed E-state index contributed by atoms with van der Waals surface area (Å²) in [6.07, 6.45) is 8.83. The Kier molecular flexibility index (Phi) is 6.72. The number of aromatic nitrogens is 2. The minimum atomic E-state index is 0.912. The first kappa shape index (κ1) is 32.0. The van der Waals surface area contributed by atoms with Gasteiger partial charge in [-0.2, -0.15) is 0 Å². The Morgan fingerprint density at radius 1 is 0.448 bits per heavy atom. The molecule has 3 nitrogen and oxygen atoms in total. The molecule has 0 saturated heterocycles. The summed E-state index contributed by atoms with van der Waals surface area (Å²) < 4.78 is 13.8. The highest BCUT2D eigenvalue weighted by atomic mass is 32.1. The molecule has 1 aliphatic carbocycles. The molecule has 0 aliphatic heterocycles. The van der Waals surface area contributed by atoms with Gasteiger partial charge in [0.25, 0.3) is 0 Å². The van der Waals surface area contributed by atoms with Crippen molar-refractivity contribution in [2.75, 3.05) is 0 Å². The number of para-hydroxylation sites is 3. The Hall–Kier alpha value is -7.14. The van der Waals surface area contributed by atoms with Gasteiger partial charge >= 0.3 is 0 Å². The van der Waals surface area contributed by atoms with E-state index >= 15 is 0 Å². The molecule has 4 heterocycles. The smallest absolute Gasteiger partial charge is 0.135 e. The molecule has 4 aromatic heterocycles. The SMILES string of the molecule is C1=CCCC(n2c3ccccc3c3ccc(-c4ccc5c6ccccc6n(-c6cc(-c7ccc8oc9ccccc9c8c7)c7sc8ccccc8c7c6)c5c4)cc32)=C1. The van der Waals surface area contributed by atoms with Crippen LogP contribution >= 0.6 is 11.3 Å². The number of thiophene rings is 1. The third-order valence-electron chi connectivity index (χ3n) is 12.4. The van der Waals surface area contributed by atoms with Crippen molar-refractivity contribution in [2.24, 2.45) is 0 Å². The highest BCUT2D eigenvalue weighted by Crippen LogP contribution is 2.45. The number of benzene rings is 8. The zero-order valence-corrected chi connectivity index (χ0v) is 32.3. The molecule has 0 fully saturated rings. The van der Waals surface area contributed by atoms with Crippen LogP contribution in [0.2, 0.25) is 0 Å². The highest BCUT2D eigenvalue weighted by Gasteiger charge is 2.20. The lowest BCUT2D eigenvalue weighted by molar-refractivity contribution is 0.669. The molecule has 0 bridgehead atoms. The van der Waals surface area contributed by atoms with Gasteiger partial charge in [-0.3, -0.25) is 0 Å². The van der Waals surface area contributed by atoms with Gasteiger partial charge in [-0.15, -0.1) is 11.3 Å². The second-order valence-electron chi connectivity index (χ2n) is 15.6. The van der Waals surface area contributed by atoms with Crippen LogP contribution in [-0.4, -0.2) is 9.13 Å². The lowest BCUT2D eigenvalue weighted by Gasteiger charge is -2.15. The van der Waals surface area contributed by atoms with Crippen LogP contribution in [0.4, 0.5) is 0 Å². The second kappa shape index (κ2) is 12.2. The predicted octanol–water partition coefficient (Wildman–Crippen LogP) is 15.7. The number of nitrogens with zero attached hydrogens (tertiary/aromatic N) is 2. The zero-order valence-electron chi connectivity index (χ0n) is 31.4. The van der Waals surface area contributed by atoms with Crippen molar-refractivity contribution in [3.63, 3.8) is 0 Å². The summed E-state index contributed by atoms with van der Waals surface area (Å²) in [4.78, 5) is 0. The fourth-order valence-electron chi connectivity index (χ4n) is 9.71. The van der Waals surface area contributed by atoms with Gasteiger partial charge < -0.3 is 13.6 Å². The molecule has 0 atom stereocenters. The molecule has 0 unspecified atom stereocenters. The van der Waals surface area contributed by atoms with E-state index in [1.165, 1.54) is 91.7 Å². The molecule has 0 amide bonds. The Morgan fingerprint density at radius 2 is 1.07 bits per heavy atom. The van der Waals surface area contributed by atoms with Crippen LogP contribution in [0.15, 0.2) is 186 Å². The van der Waals surface area contributed by atoms with Gasteiger partial charge in [0.1, 0.15) is 11.2 Å². The molecular formula is C54H34N2OS. The summed E-state index contributed by atoms with van der Waals surface area (Å²) >= 11 is 1.88. The standard InChI is InChI=1S/C54H34N2OS/c1-2-12-36(13-3-1)55-47-18-8-4-14-38(47)40-25-22-33(29-49(40)55)34-23-26-41-39-15-5-9-19-48(39)56(50(41)30-34)37-31-44(54-46(32-37)43-17-7-11-21-53(43)58-54)35-24-27-52-45(28-35)42-16-6-10-20-51(42)57-52/h1-2,4-12,14-32H,3,13H2. The molecular weight excluding hydrogens is 725 g/mol. The van der Waals surface area contributed by atoms with E-state index in [-0.39, 0.29) is 0 Å². The Bertz CT molecular complexity index is 3750. The summed E-state index contributed by atoms with van der Waals surface area (Å²) in [5.41, 5.74) is 14.1. The lowest BCUT2D eigenvalue weighted by atomic mass is 9.99. The topological polar surface area (TPSA) is 23.0 Å². The maximum absolute atomic E-state index is 6.27. The van der Waals surface area contributed by atoms with E-state index in [9.17, 15) is 0 Å².